The van der Waals surface area contributed by atoms with E-state index in [-0.39, 0.29) is 30.7 Å². The summed E-state index contributed by atoms with van der Waals surface area (Å²) in [5.41, 5.74) is 3.82. The summed E-state index contributed by atoms with van der Waals surface area (Å²) >= 11 is 1.48. The Balaban J connectivity index is 0.00000171. The van der Waals surface area contributed by atoms with Crippen LogP contribution in [0.3, 0.4) is 0 Å². The number of carbonyl (C=O) groups is 1. The first-order valence-corrected chi connectivity index (χ1v) is 12.0. The molecule has 1 amide bonds. The summed E-state index contributed by atoms with van der Waals surface area (Å²) in [7, 11) is 0. The van der Waals surface area contributed by atoms with E-state index in [1.807, 2.05) is 31.5 Å². The van der Waals surface area contributed by atoms with Gasteiger partial charge >= 0.3 is 0 Å². The molecule has 1 aromatic carbocycles. The Labute approximate surface area is 221 Å². The predicted octanol–water partition coefficient (Wildman–Crippen LogP) is 5.82. The number of thiazole rings is 1. The number of fused-ring (bicyclic) bond motifs is 1. The van der Waals surface area contributed by atoms with Crippen molar-refractivity contribution in [1.82, 2.24) is 15.0 Å². The van der Waals surface area contributed by atoms with Crippen LogP contribution >= 0.6 is 36.2 Å². The molecule has 1 aliphatic rings. The summed E-state index contributed by atoms with van der Waals surface area (Å²) in [6.45, 7) is 4.88. The van der Waals surface area contributed by atoms with Crippen molar-refractivity contribution in [2.24, 2.45) is 5.92 Å². The smallest absolute Gasteiger partial charge is 0.261 e. The average Bonchev–Trinajstić information content (AvgIpc) is 3.25. The van der Waals surface area contributed by atoms with Gasteiger partial charge in [-0.15, -0.1) is 24.8 Å². The van der Waals surface area contributed by atoms with Crippen LogP contribution in [0.15, 0.2) is 61.1 Å². The van der Waals surface area contributed by atoms with Gasteiger partial charge in [0.25, 0.3) is 5.91 Å². The van der Waals surface area contributed by atoms with Crippen LogP contribution in [0.4, 0.5) is 16.6 Å². The second-order valence-corrected chi connectivity index (χ2v) is 9.39. The van der Waals surface area contributed by atoms with E-state index in [9.17, 15) is 4.79 Å². The largest absolute Gasteiger partial charge is 0.371 e. The molecule has 35 heavy (non-hydrogen) atoms. The second-order valence-electron chi connectivity index (χ2n) is 8.36. The maximum Gasteiger partial charge on any atom is 0.261 e. The van der Waals surface area contributed by atoms with Crippen molar-refractivity contribution in [2.75, 3.05) is 35.2 Å². The fourth-order valence-corrected chi connectivity index (χ4v) is 5.13. The van der Waals surface area contributed by atoms with Crippen molar-refractivity contribution in [1.29, 1.82) is 0 Å². The molecule has 0 unspecified atom stereocenters. The van der Waals surface area contributed by atoms with Crippen molar-refractivity contribution in [3.63, 3.8) is 0 Å². The van der Waals surface area contributed by atoms with Crippen LogP contribution in [0.2, 0.25) is 0 Å². The van der Waals surface area contributed by atoms with Crippen molar-refractivity contribution < 1.29 is 4.79 Å². The van der Waals surface area contributed by atoms with Crippen molar-refractivity contribution in [3.8, 4) is 0 Å². The molecular formula is C25H28Cl2N6OS. The summed E-state index contributed by atoms with van der Waals surface area (Å²) in [6, 6.07) is 13.8. The highest BCUT2D eigenvalue weighted by atomic mass is 35.5. The highest BCUT2D eigenvalue weighted by Crippen LogP contribution is 2.28. The minimum atomic E-state index is -0.200. The van der Waals surface area contributed by atoms with Crippen LogP contribution in [0.1, 0.15) is 28.8 Å². The van der Waals surface area contributed by atoms with Gasteiger partial charge < -0.3 is 10.2 Å². The van der Waals surface area contributed by atoms with Crippen LogP contribution in [-0.2, 0) is 0 Å². The molecule has 0 bridgehead atoms. The van der Waals surface area contributed by atoms with Crippen molar-refractivity contribution in [2.45, 2.75) is 19.8 Å². The quantitative estimate of drug-likeness (QED) is 0.326. The van der Waals surface area contributed by atoms with Gasteiger partial charge in [0.1, 0.15) is 5.82 Å². The Morgan fingerprint density at radius 1 is 1.09 bits per heavy atom. The molecule has 7 nitrogen and oxygen atoms in total. The highest BCUT2D eigenvalue weighted by Gasteiger charge is 2.21. The summed E-state index contributed by atoms with van der Waals surface area (Å²) < 4.78 is 1.06. The first kappa shape index (κ1) is 26.7. The molecular weight excluding hydrogens is 503 g/mol. The maximum atomic E-state index is 13.0. The first-order chi connectivity index (χ1) is 16.2. The zero-order chi connectivity index (χ0) is 22.6. The van der Waals surface area contributed by atoms with Crippen molar-refractivity contribution >= 4 is 68.9 Å². The molecule has 4 aromatic rings. The molecule has 0 radical (unpaired) electrons. The zero-order valence-electron chi connectivity index (χ0n) is 19.3. The molecule has 0 spiro atoms. The Bertz CT molecular complexity index is 1260. The zero-order valence-corrected chi connectivity index (χ0v) is 21.8. The topological polar surface area (TPSA) is 83.0 Å². The van der Waals surface area contributed by atoms with Gasteiger partial charge in [-0.2, -0.15) is 0 Å². The lowest BCUT2D eigenvalue weighted by Gasteiger charge is -2.33. The summed E-state index contributed by atoms with van der Waals surface area (Å²) in [5, 5.41) is 6.96. The van der Waals surface area contributed by atoms with Crippen LogP contribution in [-0.4, -0.2) is 40.5 Å². The van der Waals surface area contributed by atoms with Crippen molar-refractivity contribution in [3.05, 3.63) is 72.2 Å². The predicted molar refractivity (Wildman–Crippen MR) is 149 cm³/mol. The van der Waals surface area contributed by atoms with E-state index in [1.54, 1.807) is 18.3 Å². The van der Waals surface area contributed by atoms with E-state index >= 15 is 0 Å². The molecule has 0 saturated carbocycles. The molecule has 1 fully saturated rings. The molecule has 1 aliphatic heterocycles. The number of pyridine rings is 2. The van der Waals surface area contributed by atoms with Gasteiger partial charge in [0.2, 0.25) is 0 Å². The molecule has 2 N–H and O–H groups in total. The number of halogens is 2. The van der Waals surface area contributed by atoms with Gasteiger partial charge in [0.15, 0.2) is 5.13 Å². The van der Waals surface area contributed by atoms with Crippen LogP contribution < -0.4 is 15.5 Å². The fourth-order valence-electron chi connectivity index (χ4n) is 4.17. The first-order valence-electron chi connectivity index (χ1n) is 11.2. The molecule has 0 atom stereocenters. The number of benzene rings is 1. The van der Waals surface area contributed by atoms with Gasteiger partial charge in [0.05, 0.1) is 15.8 Å². The lowest BCUT2D eigenvalue weighted by molar-refractivity contribution is 0.102. The number of amides is 1. The minimum absolute atomic E-state index is 0. The summed E-state index contributed by atoms with van der Waals surface area (Å²) in [4.78, 5) is 28.5. The third-order valence-electron chi connectivity index (χ3n) is 6.02. The van der Waals surface area contributed by atoms with E-state index in [2.05, 4.69) is 48.7 Å². The van der Waals surface area contributed by atoms with E-state index in [0.717, 1.165) is 42.7 Å². The van der Waals surface area contributed by atoms with E-state index in [0.29, 0.717) is 22.4 Å². The van der Waals surface area contributed by atoms with Gasteiger partial charge in [-0.05, 0) is 67.6 Å². The van der Waals surface area contributed by atoms with Gasteiger partial charge in [-0.3, -0.25) is 15.1 Å². The maximum absolute atomic E-state index is 13.0. The average molecular weight is 532 g/mol. The van der Waals surface area contributed by atoms with Crippen LogP contribution in [0.25, 0.3) is 10.2 Å². The second kappa shape index (κ2) is 12.2. The Hall–Kier alpha value is -2.94. The third kappa shape index (κ3) is 6.39. The Morgan fingerprint density at radius 3 is 2.63 bits per heavy atom. The van der Waals surface area contributed by atoms with Gasteiger partial charge in [-0.1, -0.05) is 17.4 Å². The van der Waals surface area contributed by atoms with Gasteiger partial charge in [-0.25, -0.2) is 9.97 Å². The van der Waals surface area contributed by atoms with Gasteiger partial charge in [0, 0.05) is 43.9 Å². The normalized spacial score (nSPS) is 13.6. The SMILES string of the molecule is Cc1ccc2nc(NC(=O)c3cccnc3NCC3CCN(c4ccncc4)CC3)sc2c1.Cl.Cl. The summed E-state index contributed by atoms with van der Waals surface area (Å²) in [6.07, 6.45) is 7.58. The molecule has 10 heteroatoms. The number of nitrogens with one attached hydrogen (secondary N) is 2. The molecule has 3 aromatic heterocycles. The molecule has 4 heterocycles. The molecule has 1 saturated heterocycles. The fraction of sp³-hybridized carbons (Fsp3) is 0.280. The monoisotopic (exact) mass is 530 g/mol. The van der Waals surface area contributed by atoms with Crippen LogP contribution in [0.5, 0.6) is 0 Å². The Kier molecular flexibility index (Phi) is 9.26. The van der Waals surface area contributed by atoms with E-state index in [1.165, 1.54) is 22.6 Å². The number of hydrogen-bond donors (Lipinski definition) is 2. The standard InChI is InChI=1S/C25H26N6OS.2ClH/c1-17-4-5-21-22(15-17)33-25(29-21)30-24(32)20-3-2-10-27-23(20)28-16-18-8-13-31(14-9-18)19-6-11-26-12-7-19;;/h2-7,10-12,15,18H,8-9,13-14,16H2,1H3,(H,27,28)(H,29,30,32);2*1H. The number of rotatable bonds is 6. The lowest BCUT2D eigenvalue weighted by Crippen LogP contribution is -2.36. The number of aromatic nitrogens is 3. The van der Waals surface area contributed by atoms with E-state index < -0.39 is 0 Å². The number of anilines is 3. The molecule has 0 aliphatic carbocycles. The summed E-state index contributed by atoms with van der Waals surface area (Å²) in [5.74, 6) is 0.950. The number of hydrogen-bond acceptors (Lipinski definition) is 7. The van der Waals surface area contributed by atoms with Crippen LogP contribution in [0, 0.1) is 12.8 Å². The highest BCUT2D eigenvalue weighted by molar-refractivity contribution is 7.22. The lowest BCUT2D eigenvalue weighted by atomic mass is 9.96. The number of aryl methyl sites for hydroxylation is 1. The molecule has 5 rings (SSSR count). The Morgan fingerprint density at radius 2 is 1.86 bits per heavy atom. The van der Waals surface area contributed by atoms with E-state index in [4.69, 9.17) is 0 Å². The third-order valence-corrected chi connectivity index (χ3v) is 6.95. The number of piperidine rings is 1. The number of carbonyl (C=O) groups excluding carboxylic acids is 1. The number of nitrogens with zero attached hydrogens (tertiary/aromatic N) is 4. The minimum Gasteiger partial charge on any atom is -0.371 e. The molecule has 184 valence electrons.